The molecular formula is C23H24F2N4O5. The molecular weight excluding hydrogens is 450 g/mol. The number of aryl methyl sites for hydroxylation is 1. The molecule has 0 radical (unpaired) electrons. The van der Waals surface area contributed by atoms with E-state index < -0.39 is 42.4 Å². The van der Waals surface area contributed by atoms with Crippen molar-refractivity contribution in [1.29, 1.82) is 0 Å². The number of hydrogen-bond donors (Lipinski definition) is 2. The Hall–Kier alpha value is -4.02. The molecule has 1 fully saturated rings. The minimum absolute atomic E-state index is 0.100. The molecule has 2 aromatic carbocycles. The third-order valence-electron chi connectivity index (χ3n) is 5.37. The predicted molar refractivity (Wildman–Crippen MR) is 118 cm³/mol. The Morgan fingerprint density at radius 3 is 2.32 bits per heavy atom. The van der Waals surface area contributed by atoms with E-state index in [0.717, 1.165) is 15.4 Å². The first kappa shape index (κ1) is 24.6. The van der Waals surface area contributed by atoms with E-state index in [1.54, 1.807) is 12.1 Å². The monoisotopic (exact) mass is 474 g/mol. The van der Waals surface area contributed by atoms with Gasteiger partial charge in [-0.2, -0.15) is 8.78 Å². The second kappa shape index (κ2) is 9.86. The molecule has 0 aliphatic carbocycles. The van der Waals surface area contributed by atoms with Crippen LogP contribution in [-0.4, -0.2) is 60.3 Å². The number of likely N-dealkylation sites (N-methyl/N-ethyl adjacent to an activating group) is 1. The van der Waals surface area contributed by atoms with Crippen molar-refractivity contribution in [1.82, 2.24) is 15.1 Å². The van der Waals surface area contributed by atoms with Crippen LogP contribution < -0.4 is 15.4 Å². The molecule has 0 unspecified atom stereocenters. The summed E-state index contributed by atoms with van der Waals surface area (Å²) in [6.07, 6.45) is 0. The lowest BCUT2D eigenvalue weighted by molar-refractivity contribution is -0.139. The van der Waals surface area contributed by atoms with Gasteiger partial charge in [-0.3, -0.25) is 19.3 Å². The molecule has 34 heavy (non-hydrogen) atoms. The van der Waals surface area contributed by atoms with Gasteiger partial charge in [0.2, 0.25) is 11.8 Å². The predicted octanol–water partition coefficient (Wildman–Crippen LogP) is 2.46. The van der Waals surface area contributed by atoms with Gasteiger partial charge in [0.05, 0.1) is 6.54 Å². The van der Waals surface area contributed by atoms with E-state index in [2.05, 4.69) is 15.4 Å². The summed E-state index contributed by atoms with van der Waals surface area (Å²) in [5.74, 6) is -1.84. The zero-order valence-corrected chi connectivity index (χ0v) is 18.8. The molecule has 0 aromatic heterocycles. The Labute approximate surface area is 194 Å². The lowest BCUT2D eigenvalue weighted by atomic mass is 9.92. The fraction of sp³-hybridized carbons (Fsp3) is 0.304. The van der Waals surface area contributed by atoms with Crippen LogP contribution in [0.15, 0.2) is 48.5 Å². The summed E-state index contributed by atoms with van der Waals surface area (Å²) in [5, 5.41) is 5.19. The fourth-order valence-corrected chi connectivity index (χ4v) is 3.40. The normalized spacial score (nSPS) is 17.5. The maximum absolute atomic E-state index is 13.0. The van der Waals surface area contributed by atoms with E-state index in [1.165, 1.54) is 38.2 Å². The van der Waals surface area contributed by atoms with Crippen molar-refractivity contribution >= 4 is 29.4 Å². The number of nitrogens with zero attached hydrogens (tertiary/aromatic N) is 2. The lowest BCUT2D eigenvalue weighted by Crippen LogP contribution is -2.45. The highest BCUT2D eigenvalue weighted by molar-refractivity contribution is 6.09. The van der Waals surface area contributed by atoms with E-state index in [9.17, 15) is 28.0 Å². The number of urea groups is 1. The largest absolute Gasteiger partial charge is 0.435 e. The number of nitrogens with one attached hydrogen (secondary N) is 2. The van der Waals surface area contributed by atoms with Gasteiger partial charge in [0.1, 0.15) is 17.8 Å². The summed E-state index contributed by atoms with van der Waals surface area (Å²) in [7, 11) is 1.39. The van der Waals surface area contributed by atoms with Gasteiger partial charge in [-0.1, -0.05) is 29.8 Å². The molecule has 1 atom stereocenters. The van der Waals surface area contributed by atoms with E-state index >= 15 is 0 Å². The van der Waals surface area contributed by atoms with Crippen molar-refractivity contribution in [3.05, 3.63) is 59.7 Å². The number of amides is 5. The quantitative estimate of drug-likeness (QED) is 0.572. The number of benzene rings is 2. The number of alkyl halides is 2. The van der Waals surface area contributed by atoms with Gasteiger partial charge >= 0.3 is 12.6 Å². The van der Waals surface area contributed by atoms with Crippen molar-refractivity contribution in [3.8, 4) is 5.75 Å². The third-order valence-corrected chi connectivity index (χ3v) is 5.37. The molecule has 180 valence electrons. The van der Waals surface area contributed by atoms with Crippen LogP contribution in [0.3, 0.4) is 0 Å². The molecule has 3 rings (SSSR count). The zero-order valence-electron chi connectivity index (χ0n) is 18.8. The standard InChI is InChI=1S/C23H24F2N4O5/c1-14-4-8-16(9-5-14)26-18(30)12-28(3)19(31)13-29-20(32)23(2,27-22(29)33)15-6-10-17(11-7-15)34-21(24)25/h4-11,21H,12-13H2,1-3H3,(H,26,30)(H,27,33)/t23-/m1/s1. The first-order valence-corrected chi connectivity index (χ1v) is 10.3. The van der Waals surface area contributed by atoms with Gasteiger partial charge < -0.3 is 20.3 Å². The molecule has 2 aromatic rings. The van der Waals surface area contributed by atoms with Gasteiger partial charge in [-0.05, 0) is 43.7 Å². The van der Waals surface area contributed by atoms with Crippen LogP contribution in [0.5, 0.6) is 5.75 Å². The molecule has 0 spiro atoms. The number of halogens is 2. The molecule has 0 saturated carbocycles. The van der Waals surface area contributed by atoms with Crippen LogP contribution in [0, 0.1) is 6.92 Å². The van der Waals surface area contributed by atoms with Crippen molar-refractivity contribution in [2.24, 2.45) is 0 Å². The molecule has 11 heteroatoms. The van der Waals surface area contributed by atoms with E-state index in [0.29, 0.717) is 11.3 Å². The number of carbonyl (C=O) groups is 4. The summed E-state index contributed by atoms with van der Waals surface area (Å²) in [6, 6.07) is 11.6. The maximum Gasteiger partial charge on any atom is 0.387 e. The fourth-order valence-electron chi connectivity index (χ4n) is 3.40. The molecule has 1 aliphatic heterocycles. The first-order valence-electron chi connectivity index (χ1n) is 10.3. The second-order valence-electron chi connectivity index (χ2n) is 8.01. The number of hydrogen-bond acceptors (Lipinski definition) is 5. The van der Waals surface area contributed by atoms with Crippen LogP contribution >= 0.6 is 0 Å². The molecule has 0 bridgehead atoms. The van der Waals surface area contributed by atoms with E-state index in [4.69, 9.17) is 0 Å². The van der Waals surface area contributed by atoms with Gasteiger partial charge in [-0.25, -0.2) is 4.79 Å². The summed E-state index contributed by atoms with van der Waals surface area (Å²) in [5.41, 5.74) is 0.435. The van der Waals surface area contributed by atoms with Gasteiger partial charge in [-0.15, -0.1) is 0 Å². The number of rotatable bonds is 8. The van der Waals surface area contributed by atoms with Crippen molar-refractivity contribution < 1.29 is 32.7 Å². The van der Waals surface area contributed by atoms with Crippen LogP contribution in [0.1, 0.15) is 18.1 Å². The van der Waals surface area contributed by atoms with Gasteiger partial charge in [0.25, 0.3) is 5.91 Å². The van der Waals surface area contributed by atoms with Crippen molar-refractivity contribution in [2.45, 2.75) is 26.0 Å². The number of carbonyl (C=O) groups excluding carboxylic acids is 4. The molecule has 1 heterocycles. The summed E-state index contributed by atoms with van der Waals surface area (Å²) in [6.45, 7) is -0.484. The number of anilines is 1. The highest BCUT2D eigenvalue weighted by Crippen LogP contribution is 2.30. The van der Waals surface area contributed by atoms with Gasteiger partial charge in [0.15, 0.2) is 0 Å². The van der Waals surface area contributed by atoms with Crippen LogP contribution in [-0.2, 0) is 19.9 Å². The molecule has 1 saturated heterocycles. The first-order chi connectivity index (χ1) is 16.0. The Morgan fingerprint density at radius 2 is 1.74 bits per heavy atom. The highest BCUT2D eigenvalue weighted by atomic mass is 19.3. The average Bonchev–Trinajstić information content (AvgIpc) is 2.99. The maximum atomic E-state index is 13.0. The van der Waals surface area contributed by atoms with Crippen LogP contribution in [0.25, 0.3) is 0 Å². The van der Waals surface area contributed by atoms with Crippen LogP contribution in [0.2, 0.25) is 0 Å². The summed E-state index contributed by atoms with van der Waals surface area (Å²) in [4.78, 5) is 52.1. The SMILES string of the molecule is Cc1ccc(NC(=O)CN(C)C(=O)CN2C(=O)N[C@](C)(c3ccc(OC(F)F)cc3)C2=O)cc1. The van der Waals surface area contributed by atoms with Gasteiger partial charge in [0, 0.05) is 12.7 Å². The summed E-state index contributed by atoms with van der Waals surface area (Å²) < 4.78 is 29.0. The zero-order chi connectivity index (χ0) is 25.0. The topological polar surface area (TPSA) is 108 Å². The van der Waals surface area contributed by atoms with E-state index in [-0.39, 0.29) is 12.3 Å². The molecule has 2 N–H and O–H groups in total. The number of imide groups is 1. The summed E-state index contributed by atoms with van der Waals surface area (Å²) >= 11 is 0. The molecule has 9 nitrogen and oxygen atoms in total. The Kier molecular flexibility index (Phi) is 7.14. The smallest absolute Gasteiger partial charge is 0.387 e. The second-order valence-corrected chi connectivity index (χ2v) is 8.01. The average molecular weight is 474 g/mol. The highest BCUT2D eigenvalue weighted by Gasteiger charge is 2.49. The number of ether oxygens (including phenoxy) is 1. The molecule has 5 amide bonds. The minimum Gasteiger partial charge on any atom is -0.435 e. The van der Waals surface area contributed by atoms with Crippen molar-refractivity contribution in [2.75, 3.05) is 25.5 Å². The third kappa shape index (κ3) is 5.48. The van der Waals surface area contributed by atoms with E-state index in [1.807, 2.05) is 19.1 Å². The van der Waals surface area contributed by atoms with Crippen molar-refractivity contribution in [3.63, 3.8) is 0 Å². The Bertz CT molecular complexity index is 1090. The van der Waals surface area contributed by atoms with Crippen LogP contribution in [0.4, 0.5) is 19.3 Å². The lowest BCUT2D eigenvalue weighted by Gasteiger charge is -2.23. The Balaban J connectivity index is 1.61. The Morgan fingerprint density at radius 1 is 1.12 bits per heavy atom. The molecule has 1 aliphatic rings. The minimum atomic E-state index is -2.99.